The molecule has 2 aromatic rings. The van der Waals surface area contributed by atoms with Gasteiger partial charge in [0.05, 0.1) is 5.69 Å². The van der Waals surface area contributed by atoms with Gasteiger partial charge in [-0.05, 0) is 6.07 Å². The largest absolute Gasteiger partial charge is 0.396 e. The molecular weight excluding hydrogens is 244 g/mol. The SMILES string of the molecule is Cn1cc(N)c(C(=O)Nc2nccc(Cl)n2)n1. The van der Waals surface area contributed by atoms with E-state index in [1.54, 1.807) is 7.05 Å². The third kappa shape index (κ3) is 2.51. The van der Waals surface area contributed by atoms with Crippen LogP contribution < -0.4 is 11.1 Å². The van der Waals surface area contributed by atoms with Gasteiger partial charge >= 0.3 is 0 Å². The van der Waals surface area contributed by atoms with Crippen molar-refractivity contribution in [1.29, 1.82) is 0 Å². The fourth-order valence-electron chi connectivity index (χ4n) is 1.24. The predicted molar refractivity (Wildman–Crippen MR) is 62.6 cm³/mol. The number of halogens is 1. The Morgan fingerprint density at radius 3 is 2.94 bits per heavy atom. The number of aromatic nitrogens is 4. The van der Waals surface area contributed by atoms with Crippen LogP contribution in [0.15, 0.2) is 18.5 Å². The van der Waals surface area contributed by atoms with Crippen molar-refractivity contribution in [3.05, 3.63) is 29.3 Å². The third-order valence-corrected chi connectivity index (χ3v) is 2.13. The number of nitrogen functional groups attached to an aromatic ring is 1. The van der Waals surface area contributed by atoms with E-state index in [9.17, 15) is 4.79 Å². The van der Waals surface area contributed by atoms with Crippen molar-refractivity contribution in [2.45, 2.75) is 0 Å². The molecule has 0 fully saturated rings. The van der Waals surface area contributed by atoms with Crippen molar-refractivity contribution < 1.29 is 4.79 Å². The highest BCUT2D eigenvalue weighted by molar-refractivity contribution is 6.29. The molecule has 2 aromatic heterocycles. The Kier molecular flexibility index (Phi) is 2.92. The van der Waals surface area contributed by atoms with Crippen molar-refractivity contribution in [2.24, 2.45) is 7.05 Å². The van der Waals surface area contributed by atoms with E-state index in [4.69, 9.17) is 17.3 Å². The van der Waals surface area contributed by atoms with Crippen LogP contribution in [0.2, 0.25) is 5.15 Å². The summed E-state index contributed by atoms with van der Waals surface area (Å²) in [5, 5.41) is 6.61. The van der Waals surface area contributed by atoms with Crippen LogP contribution in [0.4, 0.5) is 11.6 Å². The van der Waals surface area contributed by atoms with Crippen molar-refractivity contribution in [1.82, 2.24) is 19.7 Å². The molecule has 0 saturated carbocycles. The second-order valence-electron chi connectivity index (χ2n) is 3.26. The highest BCUT2D eigenvalue weighted by Crippen LogP contribution is 2.11. The van der Waals surface area contributed by atoms with Crippen molar-refractivity contribution in [2.75, 3.05) is 11.1 Å². The Hall–Kier alpha value is -2.15. The van der Waals surface area contributed by atoms with E-state index in [2.05, 4.69) is 20.4 Å². The number of nitrogens with zero attached hydrogens (tertiary/aromatic N) is 4. The molecule has 3 N–H and O–H groups in total. The summed E-state index contributed by atoms with van der Waals surface area (Å²) in [4.78, 5) is 19.4. The highest BCUT2D eigenvalue weighted by atomic mass is 35.5. The molecule has 0 aliphatic rings. The summed E-state index contributed by atoms with van der Waals surface area (Å²) in [6, 6.07) is 1.51. The molecule has 88 valence electrons. The summed E-state index contributed by atoms with van der Waals surface area (Å²) in [6.45, 7) is 0. The Morgan fingerprint density at radius 1 is 1.59 bits per heavy atom. The zero-order valence-electron chi connectivity index (χ0n) is 8.88. The molecular formula is C9H9ClN6O. The Bertz CT molecular complexity index is 566. The summed E-state index contributed by atoms with van der Waals surface area (Å²) in [6.07, 6.45) is 2.97. The standard InChI is InChI=1S/C9H9ClN6O/c1-16-4-5(11)7(15-16)8(17)14-9-12-3-2-6(10)13-9/h2-4H,11H2,1H3,(H,12,13,14,17). The smallest absolute Gasteiger partial charge is 0.280 e. The zero-order chi connectivity index (χ0) is 12.4. The van der Waals surface area contributed by atoms with Crippen LogP contribution in [0.25, 0.3) is 0 Å². The predicted octanol–water partition coefficient (Wildman–Crippen LogP) is 0.698. The average molecular weight is 253 g/mol. The minimum atomic E-state index is -0.481. The van der Waals surface area contributed by atoms with E-state index in [0.29, 0.717) is 0 Å². The van der Waals surface area contributed by atoms with Crippen LogP contribution in [-0.2, 0) is 7.05 Å². The number of carbonyl (C=O) groups is 1. The molecule has 0 bridgehead atoms. The fraction of sp³-hybridized carbons (Fsp3) is 0.111. The van der Waals surface area contributed by atoms with Crippen LogP contribution in [0.1, 0.15) is 10.5 Å². The molecule has 1 amide bonds. The minimum Gasteiger partial charge on any atom is -0.396 e. The van der Waals surface area contributed by atoms with Gasteiger partial charge in [0, 0.05) is 19.4 Å². The van der Waals surface area contributed by atoms with Crippen LogP contribution in [0, 0.1) is 0 Å². The summed E-state index contributed by atoms with van der Waals surface area (Å²) in [5.41, 5.74) is 6.02. The van der Waals surface area contributed by atoms with Gasteiger partial charge in [0.2, 0.25) is 5.95 Å². The monoisotopic (exact) mass is 252 g/mol. The van der Waals surface area contributed by atoms with Crippen LogP contribution in [0.3, 0.4) is 0 Å². The first kappa shape index (κ1) is 11.3. The number of anilines is 2. The Balaban J connectivity index is 2.20. The van der Waals surface area contributed by atoms with Crippen molar-refractivity contribution >= 4 is 29.1 Å². The fourth-order valence-corrected chi connectivity index (χ4v) is 1.38. The van der Waals surface area contributed by atoms with Gasteiger partial charge in [-0.2, -0.15) is 5.10 Å². The summed E-state index contributed by atoms with van der Waals surface area (Å²) in [5.74, 6) is -0.377. The zero-order valence-corrected chi connectivity index (χ0v) is 9.64. The maximum absolute atomic E-state index is 11.8. The lowest BCUT2D eigenvalue weighted by molar-refractivity contribution is 0.102. The van der Waals surface area contributed by atoms with E-state index in [1.807, 2.05) is 0 Å². The van der Waals surface area contributed by atoms with Crippen molar-refractivity contribution in [3.63, 3.8) is 0 Å². The molecule has 0 aliphatic carbocycles. The number of rotatable bonds is 2. The Morgan fingerprint density at radius 2 is 2.35 bits per heavy atom. The van der Waals surface area contributed by atoms with E-state index in [0.717, 1.165) is 0 Å². The Labute approximate surface area is 102 Å². The highest BCUT2D eigenvalue weighted by Gasteiger charge is 2.15. The average Bonchev–Trinajstić information content (AvgIpc) is 2.58. The lowest BCUT2D eigenvalue weighted by Gasteiger charge is -2.01. The lowest BCUT2D eigenvalue weighted by Crippen LogP contribution is -2.16. The lowest BCUT2D eigenvalue weighted by atomic mass is 10.3. The van der Waals surface area contributed by atoms with Crippen LogP contribution >= 0.6 is 11.6 Å². The van der Waals surface area contributed by atoms with Crippen molar-refractivity contribution in [3.8, 4) is 0 Å². The van der Waals surface area contributed by atoms with E-state index >= 15 is 0 Å². The summed E-state index contributed by atoms with van der Waals surface area (Å²) < 4.78 is 1.45. The maximum atomic E-state index is 11.8. The molecule has 17 heavy (non-hydrogen) atoms. The van der Waals surface area contributed by atoms with Gasteiger partial charge in [-0.1, -0.05) is 11.6 Å². The first-order valence-corrected chi connectivity index (χ1v) is 5.03. The van der Waals surface area contributed by atoms with Crippen LogP contribution in [0.5, 0.6) is 0 Å². The number of hydrogen-bond acceptors (Lipinski definition) is 5. The molecule has 0 aromatic carbocycles. The van der Waals surface area contributed by atoms with Gasteiger partial charge in [0.25, 0.3) is 5.91 Å². The quantitative estimate of drug-likeness (QED) is 0.767. The molecule has 0 unspecified atom stereocenters. The number of carbonyl (C=O) groups excluding carboxylic acids is 1. The molecule has 0 aliphatic heterocycles. The van der Waals surface area contributed by atoms with E-state index < -0.39 is 5.91 Å². The van der Waals surface area contributed by atoms with Crippen LogP contribution in [-0.4, -0.2) is 25.7 Å². The molecule has 0 radical (unpaired) electrons. The number of hydrogen-bond donors (Lipinski definition) is 2. The maximum Gasteiger partial charge on any atom is 0.280 e. The number of nitrogens with two attached hydrogens (primary N) is 1. The third-order valence-electron chi connectivity index (χ3n) is 1.92. The van der Waals surface area contributed by atoms with Gasteiger partial charge in [-0.3, -0.25) is 14.8 Å². The molecule has 2 rings (SSSR count). The number of aryl methyl sites for hydroxylation is 1. The van der Waals surface area contributed by atoms with Gasteiger partial charge in [-0.15, -0.1) is 0 Å². The normalized spacial score (nSPS) is 10.2. The molecule has 0 saturated heterocycles. The topological polar surface area (TPSA) is 98.7 Å². The van der Waals surface area contributed by atoms with Gasteiger partial charge in [0.15, 0.2) is 5.69 Å². The second kappa shape index (κ2) is 4.38. The first-order chi connectivity index (χ1) is 8.06. The summed E-state index contributed by atoms with van der Waals surface area (Å²) in [7, 11) is 1.67. The van der Waals surface area contributed by atoms with E-state index in [1.165, 1.54) is 23.1 Å². The molecule has 0 atom stereocenters. The minimum absolute atomic E-state index is 0.104. The molecule has 7 nitrogen and oxygen atoms in total. The van der Waals surface area contributed by atoms with E-state index in [-0.39, 0.29) is 22.5 Å². The van der Waals surface area contributed by atoms with Gasteiger partial charge in [0.1, 0.15) is 5.15 Å². The van der Waals surface area contributed by atoms with Gasteiger partial charge in [-0.25, -0.2) is 9.97 Å². The number of amides is 1. The molecule has 0 spiro atoms. The number of nitrogens with one attached hydrogen (secondary N) is 1. The first-order valence-electron chi connectivity index (χ1n) is 4.65. The van der Waals surface area contributed by atoms with Gasteiger partial charge < -0.3 is 5.73 Å². The second-order valence-corrected chi connectivity index (χ2v) is 3.65. The molecule has 2 heterocycles. The molecule has 8 heteroatoms. The summed E-state index contributed by atoms with van der Waals surface area (Å²) >= 11 is 5.66.